The van der Waals surface area contributed by atoms with Crippen LogP contribution in [0, 0.1) is 25.5 Å². The topological polar surface area (TPSA) is 12.0 Å². The van der Waals surface area contributed by atoms with Crippen LogP contribution in [0.5, 0.6) is 0 Å². The van der Waals surface area contributed by atoms with Gasteiger partial charge in [-0.2, -0.15) is 0 Å². The molecule has 0 saturated carbocycles. The lowest BCUT2D eigenvalue weighted by Crippen LogP contribution is -2.17. The molecule has 1 nitrogen and oxygen atoms in total. The van der Waals surface area contributed by atoms with Gasteiger partial charge in [-0.1, -0.05) is 6.07 Å². The Labute approximate surface area is 109 Å². The van der Waals surface area contributed by atoms with Crippen molar-refractivity contribution >= 4 is 11.3 Å². The fourth-order valence-corrected chi connectivity index (χ4v) is 3.26. The molecular formula is C14H15F2NS. The molecule has 0 aliphatic rings. The standard InChI is InChI=1S/C14H15F2NS/c1-8-6-9(2)18-14(8)13(17-3)10-4-5-11(15)12(16)7-10/h4-7,13,17H,1-3H3. The van der Waals surface area contributed by atoms with Crippen LogP contribution in [0.25, 0.3) is 0 Å². The third-order valence-electron chi connectivity index (χ3n) is 2.91. The fourth-order valence-electron chi connectivity index (χ4n) is 2.09. The van der Waals surface area contributed by atoms with E-state index in [0.29, 0.717) is 0 Å². The molecule has 1 aromatic heterocycles. The number of halogens is 2. The largest absolute Gasteiger partial charge is 0.309 e. The van der Waals surface area contributed by atoms with Gasteiger partial charge < -0.3 is 5.32 Å². The molecule has 0 saturated heterocycles. The molecule has 0 fully saturated rings. The number of aryl methyl sites for hydroxylation is 2. The Morgan fingerprint density at radius 3 is 2.33 bits per heavy atom. The molecule has 2 rings (SSSR count). The summed E-state index contributed by atoms with van der Waals surface area (Å²) >= 11 is 1.67. The zero-order valence-corrected chi connectivity index (χ0v) is 11.4. The fraction of sp³-hybridized carbons (Fsp3) is 0.286. The number of hydrogen-bond donors (Lipinski definition) is 1. The molecule has 0 spiro atoms. The van der Waals surface area contributed by atoms with Crippen LogP contribution in [0.15, 0.2) is 24.3 Å². The Hall–Kier alpha value is -1.26. The van der Waals surface area contributed by atoms with Crippen molar-refractivity contribution in [2.45, 2.75) is 19.9 Å². The van der Waals surface area contributed by atoms with E-state index in [1.165, 1.54) is 22.6 Å². The smallest absolute Gasteiger partial charge is 0.159 e. The number of thiophene rings is 1. The summed E-state index contributed by atoms with van der Waals surface area (Å²) in [7, 11) is 1.82. The summed E-state index contributed by atoms with van der Waals surface area (Å²) in [4.78, 5) is 2.35. The predicted molar refractivity (Wildman–Crippen MR) is 71.1 cm³/mol. The first-order valence-corrected chi connectivity index (χ1v) is 6.53. The maximum Gasteiger partial charge on any atom is 0.159 e. The van der Waals surface area contributed by atoms with Crippen LogP contribution in [-0.2, 0) is 0 Å². The highest BCUT2D eigenvalue weighted by Crippen LogP contribution is 2.32. The van der Waals surface area contributed by atoms with Gasteiger partial charge in [-0.25, -0.2) is 8.78 Å². The molecule has 1 heterocycles. The zero-order chi connectivity index (χ0) is 13.3. The average molecular weight is 267 g/mol. The Bertz CT molecular complexity index is 563. The van der Waals surface area contributed by atoms with Crippen molar-refractivity contribution in [1.29, 1.82) is 0 Å². The van der Waals surface area contributed by atoms with E-state index in [2.05, 4.69) is 11.4 Å². The van der Waals surface area contributed by atoms with Crippen molar-refractivity contribution in [2.24, 2.45) is 0 Å². The number of hydrogen-bond acceptors (Lipinski definition) is 2. The molecule has 1 aromatic carbocycles. The number of benzene rings is 1. The Morgan fingerprint density at radius 1 is 1.11 bits per heavy atom. The SMILES string of the molecule is CNC(c1ccc(F)c(F)c1)c1sc(C)cc1C. The quantitative estimate of drug-likeness (QED) is 0.887. The average Bonchev–Trinajstić information content (AvgIpc) is 2.64. The van der Waals surface area contributed by atoms with Crippen molar-refractivity contribution < 1.29 is 8.78 Å². The highest BCUT2D eigenvalue weighted by molar-refractivity contribution is 7.12. The van der Waals surface area contributed by atoms with Gasteiger partial charge >= 0.3 is 0 Å². The van der Waals surface area contributed by atoms with Crippen LogP contribution >= 0.6 is 11.3 Å². The van der Waals surface area contributed by atoms with E-state index >= 15 is 0 Å². The van der Waals surface area contributed by atoms with Gasteiger partial charge in [0, 0.05) is 9.75 Å². The first kappa shape index (κ1) is 13.2. The first-order valence-electron chi connectivity index (χ1n) is 5.72. The molecule has 0 aliphatic carbocycles. The van der Waals surface area contributed by atoms with Crippen LogP contribution in [0.2, 0.25) is 0 Å². The maximum atomic E-state index is 13.3. The normalized spacial score (nSPS) is 12.7. The van der Waals surface area contributed by atoms with E-state index in [-0.39, 0.29) is 6.04 Å². The summed E-state index contributed by atoms with van der Waals surface area (Å²) in [6.45, 7) is 4.07. The molecule has 0 bridgehead atoms. The second kappa shape index (κ2) is 5.16. The van der Waals surface area contributed by atoms with Crippen LogP contribution in [0.4, 0.5) is 8.78 Å². The summed E-state index contributed by atoms with van der Waals surface area (Å²) in [6, 6.07) is 6.05. The van der Waals surface area contributed by atoms with Gasteiger partial charge in [0.1, 0.15) is 0 Å². The molecule has 1 unspecified atom stereocenters. The van der Waals surface area contributed by atoms with Gasteiger partial charge in [0.15, 0.2) is 11.6 Å². The van der Waals surface area contributed by atoms with Gasteiger partial charge in [0.25, 0.3) is 0 Å². The Morgan fingerprint density at radius 2 is 1.83 bits per heavy atom. The van der Waals surface area contributed by atoms with Crippen molar-refractivity contribution in [1.82, 2.24) is 5.32 Å². The van der Waals surface area contributed by atoms with Crippen molar-refractivity contribution in [3.05, 3.63) is 56.8 Å². The molecule has 0 radical (unpaired) electrons. The van der Waals surface area contributed by atoms with E-state index in [1.807, 2.05) is 20.9 Å². The minimum atomic E-state index is -0.812. The lowest BCUT2D eigenvalue weighted by atomic mass is 10.0. The minimum absolute atomic E-state index is 0.0983. The third-order valence-corrected chi connectivity index (χ3v) is 4.12. The van der Waals surface area contributed by atoms with Crippen LogP contribution in [-0.4, -0.2) is 7.05 Å². The van der Waals surface area contributed by atoms with Crippen LogP contribution < -0.4 is 5.32 Å². The molecule has 4 heteroatoms. The second-order valence-electron chi connectivity index (χ2n) is 4.30. The summed E-state index contributed by atoms with van der Waals surface area (Å²) in [5.41, 5.74) is 1.91. The molecule has 18 heavy (non-hydrogen) atoms. The minimum Gasteiger partial charge on any atom is -0.309 e. The van der Waals surface area contributed by atoms with Crippen molar-refractivity contribution in [3.63, 3.8) is 0 Å². The highest BCUT2D eigenvalue weighted by Gasteiger charge is 2.18. The first-order chi connectivity index (χ1) is 8.52. The Balaban J connectivity index is 2.45. The van der Waals surface area contributed by atoms with E-state index in [1.54, 1.807) is 17.4 Å². The second-order valence-corrected chi connectivity index (χ2v) is 5.59. The molecule has 2 aromatic rings. The molecule has 0 amide bonds. The van der Waals surface area contributed by atoms with Gasteiger partial charge in [-0.3, -0.25) is 0 Å². The van der Waals surface area contributed by atoms with E-state index in [4.69, 9.17) is 0 Å². The van der Waals surface area contributed by atoms with Crippen molar-refractivity contribution in [2.75, 3.05) is 7.05 Å². The van der Waals surface area contributed by atoms with Crippen LogP contribution in [0.1, 0.15) is 26.9 Å². The summed E-state index contributed by atoms with van der Waals surface area (Å²) < 4.78 is 26.3. The monoisotopic (exact) mass is 267 g/mol. The molecule has 96 valence electrons. The van der Waals surface area contributed by atoms with Crippen molar-refractivity contribution in [3.8, 4) is 0 Å². The van der Waals surface area contributed by atoms with E-state index in [9.17, 15) is 8.78 Å². The van der Waals surface area contributed by atoms with E-state index < -0.39 is 11.6 Å². The zero-order valence-electron chi connectivity index (χ0n) is 10.6. The van der Waals surface area contributed by atoms with Gasteiger partial charge in [-0.05, 0) is 50.2 Å². The Kier molecular flexibility index (Phi) is 3.78. The van der Waals surface area contributed by atoms with E-state index in [0.717, 1.165) is 10.4 Å². The number of nitrogens with one attached hydrogen (secondary N) is 1. The molecule has 0 aliphatic heterocycles. The molecule has 1 N–H and O–H groups in total. The highest BCUT2D eigenvalue weighted by atomic mass is 32.1. The predicted octanol–water partition coefficient (Wildman–Crippen LogP) is 3.95. The van der Waals surface area contributed by atoms with Gasteiger partial charge in [-0.15, -0.1) is 11.3 Å². The third kappa shape index (κ3) is 2.44. The lowest BCUT2D eigenvalue weighted by Gasteiger charge is -2.16. The van der Waals surface area contributed by atoms with Gasteiger partial charge in [0.05, 0.1) is 6.04 Å². The molecular weight excluding hydrogens is 252 g/mol. The molecule has 1 atom stereocenters. The summed E-state index contributed by atoms with van der Waals surface area (Å²) in [6.07, 6.45) is 0. The number of rotatable bonds is 3. The van der Waals surface area contributed by atoms with Crippen LogP contribution in [0.3, 0.4) is 0 Å². The summed E-state index contributed by atoms with van der Waals surface area (Å²) in [5, 5.41) is 3.16. The van der Waals surface area contributed by atoms with Gasteiger partial charge in [0.2, 0.25) is 0 Å². The maximum absolute atomic E-state index is 13.3. The lowest BCUT2D eigenvalue weighted by molar-refractivity contribution is 0.505. The summed E-state index contributed by atoms with van der Waals surface area (Å²) in [5.74, 6) is -1.62.